The van der Waals surface area contributed by atoms with Crippen LogP contribution in [0.5, 0.6) is 5.75 Å². The minimum Gasteiger partial charge on any atom is -0.495 e. The summed E-state index contributed by atoms with van der Waals surface area (Å²) in [5.74, 6) is 0.511. The number of methoxy groups -OCH3 is 1. The largest absolute Gasteiger partial charge is 0.495 e. The van der Waals surface area contributed by atoms with Crippen molar-refractivity contribution < 1.29 is 4.74 Å². The molecule has 112 valence electrons. The molecular weight excluding hydrogens is 270 g/mol. The topological polar surface area (TPSA) is 67.3 Å². The smallest absolute Gasteiger partial charge is 0.329 e. The van der Waals surface area contributed by atoms with Crippen LogP contribution in [-0.2, 0) is 0 Å². The van der Waals surface area contributed by atoms with Crippen LogP contribution in [0.25, 0.3) is 10.9 Å². The zero-order valence-corrected chi connectivity index (χ0v) is 12.3. The van der Waals surface area contributed by atoms with E-state index in [2.05, 4.69) is 16.9 Å². The molecule has 0 saturated carbocycles. The van der Waals surface area contributed by atoms with Gasteiger partial charge in [0.15, 0.2) is 0 Å². The molecule has 0 atom stereocenters. The number of piperidine rings is 1. The molecule has 1 aromatic carbocycles. The van der Waals surface area contributed by atoms with E-state index >= 15 is 0 Å². The average Bonchev–Trinajstić information content (AvgIpc) is 2.48. The number of nitrogens with zero attached hydrogens (tertiary/aromatic N) is 2. The van der Waals surface area contributed by atoms with Gasteiger partial charge in [-0.1, -0.05) is 6.07 Å². The Balaban J connectivity index is 2.17. The predicted octanol–water partition coefficient (Wildman–Crippen LogP) is 0.965. The molecule has 0 unspecified atom stereocenters. The van der Waals surface area contributed by atoms with Crippen LogP contribution in [0.1, 0.15) is 18.9 Å². The predicted molar refractivity (Wildman–Crippen MR) is 81.1 cm³/mol. The van der Waals surface area contributed by atoms with Gasteiger partial charge in [0.05, 0.1) is 18.0 Å². The molecule has 0 amide bonds. The lowest BCUT2D eigenvalue weighted by molar-refractivity contribution is 0.216. The number of likely N-dealkylation sites (tertiary alicyclic amines) is 1. The molecule has 0 aliphatic carbocycles. The molecule has 1 N–H and O–H groups in total. The van der Waals surface area contributed by atoms with Crippen LogP contribution in [0.3, 0.4) is 0 Å². The molecule has 0 spiro atoms. The third kappa shape index (κ3) is 2.35. The van der Waals surface area contributed by atoms with E-state index in [4.69, 9.17) is 4.74 Å². The van der Waals surface area contributed by atoms with Crippen molar-refractivity contribution in [2.24, 2.45) is 0 Å². The molecule has 2 aromatic rings. The molecule has 2 heterocycles. The lowest BCUT2D eigenvalue weighted by Crippen LogP contribution is -2.42. The summed E-state index contributed by atoms with van der Waals surface area (Å²) < 4.78 is 6.58. The van der Waals surface area contributed by atoms with Crippen LogP contribution < -0.4 is 16.0 Å². The minimum atomic E-state index is -0.355. The van der Waals surface area contributed by atoms with E-state index in [0.29, 0.717) is 16.7 Å². The van der Waals surface area contributed by atoms with Crippen molar-refractivity contribution in [1.82, 2.24) is 14.5 Å². The van der Waals surface area contributed by atoms with E-state index < -0.39 is 0 Å². The van der Waals surface area contributed by atoms with Crippen LogP contribution in [0, 0.1) is 0 Å². The Hall–Kier alpha value is -2.08. The Bertz CT molecular complexity index is 770. The van der Waals surface area contributed by atoms with E-state index in [0.717, 1.165) is 25.9 Å². The molecule has 3 rings (SSSR count). The number of nitrogens with one attached hydrogen (secondary N) is 1. The Labute approximate surface area is 122 Å². The molecule has 6 heteroatoms. The van der Waals surface area contributed by atoms with E-state index in [1.54, 1.807) is 18.2 Å². The van der Waals surface area contributed by atoms with Gasteiger partial charge in [-0.3, -0.25) is 9.36 Å². The van der Waals surface area contributed by atoms with Crippen molar-refractivity contribution in [1.29, 1.82) is 0 Å². The van der Waals surface area contributed by atoms with Gasteiger partial charge in [0.25, 0.3) is 5.56 Å². The van der Waals surface area contributed by atoms with Gasteiger partial charge in [-0.25, -0.2) is 4.79 Å². The van der Waals surface area contributed by atoms with Gasteiger partial charge >= 0.3 is 5.69 Å². The zero-order chi connectivity index (χ0) is 15.0. The van der Waals surface area contributed by atoms with Gasteiger partial charge in [0.1, 0.15) is 5.75 Å². The van der Waals surface area contributed by atoms with Crippen molar-refractivity contribution in [3.63, 3.8) is 0 Å². The molecule has 1 fully saturated rings. The van der Waals surface area contributed by atoms with Gasteiger partial charge in [-0.15, -0.1) is 0 Å². The molecule has 1 aliphatic rings. The zero-order valence-electron chi connectivity index (χ0n) is 12.3. The number of H-pyrrole nitrogens is 1. The number of para-hydroxylation sites is 1. The number of aromatic amines is 1. The SMILES string of the molecule is COc1cccc2c(=O)n(C3CCN(C)CC3)c(=O)[nH]c12. The number of ether oxygens (including phenoxy) is 1. The summed E-state index contributed by atoms with van der Waals surface area (Å²) in [7, 11) is 3.57. The van der Waals surface area contributed by atoms with E-state index in [-0.39, 0.29) is 17.3 Å². The van der Waals surface area contributed by atoms with Gasteiger partial charge in [-0.05, 0) is 45.1 Å². The maximum atomic E-state index is 12.7. The first-order chi connectivity index (χ1) is 10.1. The fourth-order valence-corrected chi connectivity index (χ4v) is 2.98. The van der Waals surface area contributed by atoms with Gasteiger partial charge in [0, 0.05) is 6.04 Å². The highest BCUT2D eigenvalue weighted by Gasteiger charge is 2.22. The van der Waals surface area contributed by atoms with Crippen molar-refractivity contribution in [3.8, 4) is 5.75 Å². The second-order valence-corrected chi connectivity index (χ2v) is 5.52. The highest BCUT2D eigenvalue weighted by Crippen LogP contribution is 2.22. The maximum absolute atomic E-state index is 12.7. The van der Waals surface area contributed by atoms with Crippen LogP contribution in [0.2, 0.25) is 0 Å². The van der Waals surface area contributed by atoms with Crippen LogP contribution in [0.4, 0.5) is 0 Å². The van der Waals surface area contributed by atoms with E-state index in [1.807, 2.05) is 0 Å². The number of hydrogen-bond donors (Lipinski definition) is 1. The number of hydrogen-bond acceptors (Lipinski definition) is 4. The van der Waals surface area contributed by atoms with Crippen molar-refractivity contribution in [2.75, 3.05) is 27.2 Å². The molecule has 6 nitrogen and oxygen atoms in total. The van der Waals surface area contributed by atoms with Crippen LogP contribution in [0.15, 0.2) is 27.8 Å². The summed E-state index contributed by atoms with van der Waals surface area (Å²) in [4.78, 5) is 30.0. The first-order valence-corrected chi connectivity index (χ1v) is 7.12. The normalized spacial score (nSPS) is 17.2. The fraction of sp³-hybridized carbons (Fsp3) is 0.467. The number of rotatable bonds is 2. The Morgan fingerprint density at radius 2 is 1.95 bits per heavy atom. The van der Waals surface area contributed by atoms with Crippen molar-refractivity contribution >= 4 is 10.9 Å². The maximum Gasteiger partial charge on any atom is 0.329 e. The van der Waals surface area contributed by atoms with Crippen molar-refractivity contribution in [3.05, 3.63) is 39.0 Å². The van der Waals surface area contributed by atoms with Gasteiger partial charge in [0.2, 0.25) is 0 Å². The Morgan fingerprint density at radius 1 is 1.24 bits per heavy atom. The number of aromatic nitrogens is 2. The van der Waals surface area contributed by atoms with Crippen molar-refractivity contribution in [2.45, 2.75) is 18.9 Å². The first kappa shape index (κ1) is 13.9. The second-order valence-electron chi connectivity index (χ2n) is 5.52. The lowest BCUT2D eigenvalue weighted by atomic mass is 10.1. The van der Waals surface area contributed by atoms with Crippen LogP contribution >= 0.6 is 0 Å². The number of benzene rings is 1. The minimum absolute atomic E-state index is 0.0342. The summed E-state index contributed by atoms with van der Waals surface area (Å²) >= 11 is 0. The highest BCUT2D eigenvalue weighted by atomic mass is 16.5. The van der Waals surface area contributed by atoms with Crippen LogP contribution in [-0.4, -0.2) is 41.7 Å². The Morgan fingerprint density at radius 3 is 2.62 bits per heavy atom. The third-order valence-corrected chi connectivity index (χ3v) is 4.20. The van der Waals surface area contributed by atoms with Gasteiger partial charge in [-0.2, -0.15) is 0 Å². The third-order valence-electron chi connectivity index (χ3n) is 4.20. The second kappa shape index (κ2) is 5.37. The summed E-state index contributed by atoms with van der Waals surface area (Å²) in [6, 6.07) is 5.19. The molecular formula is C15H19N3O3. The fourth-order valence-electron chi connectivity index (χ4n) is 2.98. The molecule has 21 heavy (non-hydrogen) atoms. The Kier molecular flexibility index (Phi) is 3.55. The van der Waals surface area contributed by atoms with Gasteiger partial charge < -0.3 is 14.6 Å². The molecule has 0 bridgehead atoms. The van der Waals surface area contributed by atoms with E-state index in [1.165, 1.54) is 11.7 Å². The lowest BCUT2D eigenvalue weighted by Gasteiger charge is -2.29. The quantitative estimate of drug-likeness (QED) is 0.894. The standard InChI is InChI=1S/C15H19N3O3/c1-17-8-6-10(7-9-17)18-14(19)11-4-3-5-12(21-2)13(11)16-15(18)20/h3-5,10H,6-9H2,1-2H3,(H,16,20). The summed E-state index contributed by atoms with van der Waals surface area (Å²) in [6.07, 6.45) is 1.63. The molecule has 1 aliphatic heterocycles. The molecule has 1 saturated heterocycles. The summed E-state index contributed by atoms with van der Waals surface area (Å²) in [6.45, 7) is 1.79. The first-order valence-electron chi connectivity index (χ1n) is 7.12. The molecule has 0 radical (unpaired) electrons. The summed E-state index contributed by atoms with van der Waals surface area (Å²) in [5.41, 5.74) is -0.118. The summed E-state index contributed by atoms with van der Waals surface area (Å²) in [5, 5.41) is 0.493. The highest BCUT2D eigenvalue weighted by molar-refractivity contribution is 5.83. The number of fused-ring (bicyclic) bond motifs is 1. The molecule has 1 aromatic heterocycles. The average molecular weight is 289 g/mol. The van der Waals surface area contributed by atoms with E-state index in [9.17, 15) is 9.59 Å². The monoisotopic (exact) mass is 289 g/mol.